The highest BCUT2D eigenvalue weighted by atomic mass is 35.5. The van der Waals surface area contributed by atoms with E-state index in [0.717, 1.165) is 25.9 Å². The Hall–Kier alpha value is -1.06. The van der Waals surface area contributed by atoms with Crippen LogP contribution in [0.15, 0.2) is 30.3 Å². The summed E-state index contributed by atoms with van der Waals surface area (Å²) in [6.45, 7) is 2.25. The van der Waals surface area contributed by atoms with Crippen LogP contribution in [0.4, 0.5) is 0 Å². The molecule has 1 amide bonds. The maximum Gasteiger partial charge on any atom is 0.236 e. The lowest BCUT2D eigenvalue weighted by Crippen LogP contribution is -2.37. The van der Waals surface area contributed by atoms with Crippen LogP contribution in [0.2, 0.25) is 0 Å². The van der Waals surface area contributed by atoms with Crippen LogP contribution < -0.4 is 5.32 Å². The molecule has 1 aliphatic heterocycles. The molecule has 19 heavy (non-hydrogen) atoms. The summed E-state index contributed by atoms with van der Waals surface area (Å²) < 4.78 is 0. The van der Waals surface area contributed by atoms with E-state index in [9.17, 15) is 4.79 Å². The second-order valence-electron chi connectivity index (χ2n) is 4.95. The van der Waals surface area contributed by atoms with E-state index in [-0.39, 0.29) is 18.3 Å². The van der Waals surface area contributed by atoms with Crippen molar-refractivity contribution in [2.45, 2.75) is 25.2 Å². The number of nitrogens with zero attached hydrogens (tertiary/aromatic N) is 1. The molecule has 3 nitrogen and oxygen atoms in total. The number of carbonyl (C=O) groups is 1. The molecule has 2 rings (SSSR count). The fraction of sp³-hybridized carbons (Fsp3) is 0.533. The summed E-state index contributed by atoms with van der Waals surface area (Å²) in [6.07, 6.45) is 3.38. The molecule has 0 saturated carbocycles. The summed E-state index contributed by atoms with van der Waals surface area (Å²) in [5.41, 5.74) is 1.42. The number of halogens is 1. The SMILES string of the molecule is CNCC(=O)N1CCCC(c2ccccc2)CC1.Cl. The maximum absolute atomic E-state index is 11.9. The number of likely N-dealkylation sites (N-methyl/N-ethyl adjacent to an activating group) is 1. The first-order chi connectivity index (χ1) is 8.81. The summed E-state index contributed by atoms with van der Waals surface area (Å²) in [7, 11) is 1.82. The van der Waals surface area contributed by atoms with Crippen LogP contribution in [0, 0.1) is 0 Å². The number of rotatable bonds is 3. The summed E-state index contributed by atoms with van der Waals surface area (Å²) in [5.74, 6) is 0.838. The summed E-state index contributed by atoms with van der Waals surface area (Å²) in [4.78, 5) is 13.9. The minimum Gasteiger partial charge on any atom is -0.342 e. The van der Waals surface area contributed by atoms with Crippen LogP contribution in [-0.2, 0) is 4.79 Å². The monoisotopic (exact) mass is 282 g/mol. The van der Waals surface area contributed by atoms with Crippen molar-refractivity contribution in [2.75, 3.05) is 26.7 Å². The standard InChI is InChI=1S/C15H22N2O.ClH/c1-16-12-15(18)17-10-5-8-14(9-11-17)13-6-3-2-4-7-13;/h2-4,6-7,14,16H,5,8-12H2,1H3;1H. The second-order valence-corrected chi connectivity index (χ2v) is 4.95. The van der Waals surface area contributed by atoms with Crippen LogP contribution in [0.5, 0.6) is 0 Å². The maximum atomic E-state index is 11.9. The number of amides is 1. The summed E-state index contributed by atoms with van der Waals surface area (Å²) in [5, 5.41) is 2.94. The van der Waals surface area contributed by atoms with Gasteiger partial charge in [0.05, 0.1) is 6.54 Å². The third kappa shape index (κ3) is 4.51. The third-order valence-corrected chi connectivity index (χ3v) is 3.68. The first kappa shape index (κ1) is 16.0. The predicted octanol–water partition coefficient (Wildman–Crippen LogP) is 2.42. The van der Waals surface area contributed by atoms with Gasteiger partial charge in [0, 0.05) is 13.1 Å². The molecule has 1 aliphatic rings. The van der Waals surface area contributed by atoms with E-state index >= 15 is 0 Å². The molecule has 0 aromatic heterocycles. The van der Waals surface area contributed by atoms with Crippen molar-refractivity contribution in [1.29, 1.82) is 0 Å². The minimum atomic E-state index is 0. The van der Waals surface area contributed by atoms with E-state index in [0.29, 0.717) is 12.5 Å². The van der Waals surface area contributed by atoms with Crippen LogP contribution in [0.1, 0.15) is 30.7 Å². The molecule has 106 valence electrons. The Bertz CT molecular complexity index is 383. The van der Waals surface area contributed by atoms with Gasteiger partial charge in [-0.15, -0.1) is 12.4 Å². The zero-order valence-electron chi connectivity index (χ0n) is 11.5. The Morgan fingerprint density at radius 3 is 2.68 bits per heavy atom. The number of benzene rings is 1. The van der Waals surface area contributed by atoms with Gasteiger partial charge in [0.2, 0.25) is 5.91 Å². The van der Waals surface area contributed by atoms with Gasteiger partial charge in [-0.2, -0.15) is 0 Å². The molecule has 1 N–H and O–H groups in total. The van der Waals surface area contributed by atoms with Crippen molar-refractivity contribution < 1.29 is 4.79 Å². The molecule has 4 heteroatoms. The third-order valence-electron chi connectivity index (χ3n) is 3.68. The molecule has 0 radical (unpaired) electrons. The zero-order chi connectivity index (χ0) is 12.8. The highest BCUT2D eigenvalue weighted by Crippen LogP contribution is 2.27. The smallest absolute Gasteiger partial charge is 0.236 e. The predicted molar refractivity (Wildman–Crippen MR) is 80.8 cm³/mol. The van der Waals surface area contributed by atoms with Crippen molar-refractivity contribution in [2.24, 2.45) is 0 Å². The van der Waals surface area contributed by atoms with Crippen LogP contribution in [0.25, 0.3) is 0 Å². The molecule has 0 spiro atoms. The molecular formula is C15H23ClN2O. The van der Waals surface area contributed by atoms with Gasteiger partial charge in [0.1, 0.15) is 0 Å². The van der Waals surface area contributed by atoms with E-state index in [1.54, 1.807) is 0 Å². The van der Waals surface area contributed by atoms with Crippen molar-refractivity contribution in [3.63, 3.8) is 0 Å². The average molecular weight is 283 g/mol. The first-order valence-corrected chi connectivity index (χ1v) is 6.78. The zero-order valence-corrected chi connectivity index (χ0v) is 12.3. The lowest BCUT2D eigenvalue weighted by atomic mass is 9.92. The second kappa shape index (κ2) is 8.18. The molecule has 1 saturated heterocycles. The summed E-state index contributed by atoms with van der Waals surface area (Å²) >= 11 is 0. The highest BCUT2D eigenvalue weighted by Gasteiger charge is 2.20. The lowest BCUT2D eigenvalue weighted by molar-refractivity contribution is -0.130. The van der Waals surface area contributed by atoms with Crippen LogP contribution in [0.3, 0.4) is 0 Å². The van der Waals surface area contributed by atoms with E-state index in [1.807, 2.05) is 11.9 Å². The number of hydrogen-bond donors (Lipinski definition) is 1. The molecule has 0 aliphatic carbocycles. The average Bonchev–Trinajstić information content (AvgIpc) is 2.66. The topological polar surface area (TPSA) is 32.3 Å². The number of nitrogens with one attached hydrogen (secondary N) is 1. The van der Waals surface area contributed by atoms with Gasteiger partial charge < -0.3 is 10.2 Å². The molecule has 1 aromatic carbocycles. The first-order valence-electron chi connectivity index (χ1n) is 6.78. The molecule has 1 aromatic rings. The number of hydrogen-bond acceptors (Lipinski definition) is 2. The van der Waals surface area contributed by atoms with Gasteiger partial charge in [-0.3, -0.25) is 4.79 Å². The van der Waals surface area contributed by atoms with E-state index < -0.39 is 0 Å². The van der Waals surface area contributed by atoms with Gasteiger partial charge in [-0.05, 0) is 37.8 Å². The van der Waals surface area contributed by atoms with Crippen molar-refractivity contribution in [3.05, 3.63) is 35.9 Å². The molecule has 1 atom stereocenters. The van der Waals surface area contributed by atoms with Crippen molar-refractivity contribution in [3.8, 4) is 0 Å². The molecular weight excluding hydrogens is 260 g/mol. The van der Waals surface area contributed by atoms with Gasteiger partial charge >= 0.3 is 0 Å². The summed E-state index contributed by atoms with van der Waals surface area (Å²) in [6, 6.07) is 10.7. The Labute approximate surface area is 121 Å². The van der Waals surface area contributed by atoms with Gasteiger partial charge in [0.25, 0.3) is 0 Å². The normalized spacial score (nSPS) is 19.4. The van der Waals surface area contributed by atoms with E-state index in [1.165, 1.54) is 12.0 Å². The molecule has 1 heterocycles. The van der Waals surface area contributed by atoms with E-state index in [4.69, 9.17) is 0 Å². The molecule has 1 unspecified atom stereocenters. The Kier molecular flexibility index (Phi) is 6.89. The van der Waals surface area contributed by atoms with Gasteiger partial charge in [0.15, 0.2) is 0 Å². The van der Waals surface area contributed by atoms with Crippen molar-refractivity contribution in [1.82, 2.24) is 10.2 Å². The largest absolute Gasteiger partial charge is 0.342 e. The number of carbonyl (C=O) groups excluding carboxylic acids is 1. The Balaban J connectivity index is 0.00000180. The highest BCUT2D eigenvalue weighted by molar-refractivity contribution is 5.85. The van der Waals surface area contributed by atoms with E-state index in [2.05, 4.69) is 35.6 Å². The van der Waals surface area contributed by atoms with Crippen molar-refractivity contribution >= 4 is 18.3 Å². The minimum absolute atomic E-state index is 0. The van der Waals surface area contributed by atoms with Crippen LogP contribution >= 0.6 is 12.4 Å². The van der Waals surface area contributed by atoms with Crippen LogP contribution in [-0.4, -0.2) is 37.5 Å². The van der Waals surface area contributed by atoms with Gasteiger partial charge in [-0.1, -0.05) is 30.3 Å². The lowest BCUT2D eigenvalue weighted by Gasteiger charge is -2.20. The Morgan fingerprint density at radius 2 is 2.00 bits per heavy atom. The molecule has 0 bridgehead atoms. The quantitative estimate of drug-likeness (QED) is 0.923. The number of likely N-dealkylation sites (tertiary alicyclic amines) is 1. The van der Waals surface area contributed by atoms with Gasteiger partial charge in [-0.25, -0.2) is 0 Å². The Morgan fingerprint density at radius 1 is 1.26 bits per heavy atom. The fourth-order valence-electron chi connectivity index (χ4n) is 2.67. The molecule has 1 fully saturated rings. The fourth-order valence-corrected chi connectivity index (χ4v) is 2.67.